The highest BCUT2D eigenvalue weighted by atomic mass is 35.5. The van der Waals surface area contributed by atoms with Crippen molar-refractivity contribution in [1.29, 1.82) is 0 Å². The van der Waals surface area contributed by atoms with Crippen LogP contribution in [0.15, 0.2) is 18.2 Å². The van der Waals surface area contributed by atoms with Crippen LogP contribution in [-0.2, 0) is 4.74 Å². The summed E-state index contributed by atoms with van der Waals surface area (Å²) in [5.41, 5.74) is 1.60. The second kappa shape index (κ2) is 8.38. The number of amides is 2. The number of carbonyl (C=O) groups is 1. The van der Waals surface area contributed by atoms with Crippen LogP contribution in [-0.4, -0.2) is 63.9 Å². The first-order chi connectivity index (χ1) is 11.0. The van der Waals surface area contributed by atoms with Crippen molar-refractivity contribution in [3.05, 3.63) is 23.2 Å². The summed E-state index contributed by atoms with van der Waals surface area (Å²) in [7, 11) is 3.85. The number of urea groups is 1. The third-order valence-corrected chi connectivity index (χ3v) is 3.94. The molecule has 2 rings (SSSR count). The van der Waals surface area contributed by atoms with Gasteiger partial charge in [-0.05, 0) is 25.1 Å². The Morgan fingerprint density at radius 3 is 2.74 bits per heavy atom. The molecule has 0 aliphatic carbocycles. The molecule has 0 saturated carbocycles. The monoisotopic (exact) mass is 340 g/mol. The van der Waals surface area contributed by atoms with Gasteiger partial charge in [0.05, 0.1) is 24.6 Å². The molecule has 0 unspecified atom stereocenters. The Bertz CT molecular complexity index is 533. The molecule has 1 atom stereocenters. The van der Waals surface area contributed by atoms with E-state index in [1.165, 1.54) is 0 Å². The Kier molecular flexibility index (Phi) is 6.50. The summed E-state index contributed by atoms with van der Waals surface area (Å²) < 4.78 is 5.33. The first-order valence-electron chi connectivity index (χ1n) is 7.80. The number of morpholine rings is 1. The Labute approximate surface area is 142 Å². The highest BCUT2D eigenvalue weighted by Crippen LogP contribution is 2.27. The number of nitrogens with one attached hydrogen (secondary N) is 2. The average molecular weight is 341 g/mol. The molecule has 2 N–H and O–H groups in total. The van der Waals surface area contributed by atoms with Crippen LogP contribution in [0.4, 0.5) is 16.2 Å². The van der Waals surface area contributed by atoms with Crippen LogP contribution in [0.3, 0.4) is 0 Å². The van der Waals surface area contributed by atoms with E-state index >= 15 is 0 Å². The van der Waals surface area contributed by atoms with E-state index in [2.05, 4.69) is 15.5 Å². The van der Waals surface area contributed by atoms with Gasteiger partial charge in [0, 0.05) is 44.8 Å². The van der Waals surface area contributed by atoms with Crippen molar-refractivity contribution in [3.63, 3.8) is 0 Å². The highest BCUT2D eigenvalue weighted by Gasteiger charge is 2.16. The summed E-state index contributed by atoms with van der Waals surface area (Å²) >= 11 is 6.03. The fourth-order valence-electron chi connectivity index (χ4n) is 2.60. The van der Waals surface area contributed by atoms with Crippen LogP contribution < -0.4 is 15.5 Å². The van der Waals surface area contributed by atoms with Crippen molar-refractivity contribution in [2.45, 2.75) is 13.0 Å². The molecule has 1 aromatic carbocycles. The quantitative estimate of drug-likeness (QED) is 0.863. The van der Waals surface area contributed by atoms with Gasteiger partial charge in [-0.15, -0.1) is 0 Å². The smallest absolute Gasteiger partial charge is 0.319 e. The summed E-state index contributed by atoms with van der Waals surface area (Å²) in [4.78, 5) is 16.4. The topological polar surface area (TPSA) is 56.8 Å². The number of hydrogen-bond acceptors (Lipinski definition) is 4. The van der Waals surface area contributed by atoms with Gasteiger partial charge in [-0.1, -0.05) is 11.6 Å². The van der Waals surface area contributed by atoms with Crippen LogP contribution in [0.5, 0.6) is 0 Å². The lowest BCUT2D eigenvalue weighted by Crippen LogP contribution is -2.47. The van der Waals surface area contributed by atoms with Gasteiger partial charge in [-0.3, -0.25) is 4.90 Å². The standard InChI is InChI=1S/C16H25ClN4O2/c1-12(11-21-6-8-23-9-7-21)18-16(22)19-14-10-13(17)4-5-15(14)20(2)3/h4-5,10,12H,6-9,11H2,1-3H3,(H2,18,19,22)/t12-/m0/s1. The lowest BCUT2D eigenvalue weighted by molar-refractivity contribution is 0.0350. The van der Waals surface area contributed by atoms with E-state index in [0.29, 0.717) is 10.7 Å². The van der Waals surface area contributed by atoms with Gasteiger partial charge in [-0.2, -0.15) is 0 Å². The minimum atomic E-state index is -0.226. The van der Waals surface area contributed by atoms with E-state index in [-0.39, 0.29) is 12.1 Å². The van der Waals surface area contributed by atoms with Gasteiger partial charge in [0.1, 0.15) is 0 Å². The maximum atomic E-state index is 12.2. The van der Waals surface area contributed by atoms with E-state index < -0.39 is 0 Å². The van der Waals surface area contributed by atoms with Crippen molar-refractivity contribution in [2.75, 3.05) is 57.2 Å². The molecule has 0 bridgehead atoms. The van der Waals surface area contributed by atoms with Crippen LogP contribution >= 0.6 is 11.6 Å². The number of anilines is 2. The van der Waals surface area contributed by atoms with Gasteiger partial charge in [0.15, 0.2) is 0 Å². The Hall–Kier alpha value is -1.50. The second-order valence-electron chi connectivity index (χ2n) is 5.97. The lowest BCUT2D eigenvalue weighted by Gasteiger charge is -2.29. The van der Waals surface area contributed by atoms with E-state index in [9.17, 15) is 4.79 Å². The molecule has 1 aliphatic rings. The number of hydrogen-bond donors (Lipinski definition) is 2. The zero-order valence-corrected chi connectivity index (χ0v) is 14.7. The summed E-state index contributed by atoms with van der Waals surface area (Å²) in [5.74, 6) is 0. The summed E-state index contributed by atoms with van der Waals surface area (Å²) in [6.45, 7) is 6.15. The van der Waals surface area contributed by atoms with Crippen molar-refractivity contribution in [1.82, 2.24) is 10.2 Å². The molecule has 1 saturated heterocycles. The van der Waals surface area contributed by atoms with Crippen molar-refractivity contribution in [2.24, 2.45) is 0 Å². The molecule has 128 valence electrons. The largest absolute Gasteiger partial charge is 0.379 e. The van der Waals surface area contributed by atoms with Gasteiger partial charge in [-0.25, -0.2) is 4.79 Å². The molecule has 6 nitrogen and oxygen atoms in total. The first kappa shape index (κ1) is 17.8. The second-order valence-corrected chi connectivity index (χ2v) is 6.40. The maximum Gasteiger partial charge on any atom is 0.319 e. The Balaban J connectivity index is 1.90. The summed E-state index contributed by atoms with van der Waals surface area (Å²) in [6.07, 6.45) is 0. The molecule has 7 heteroatoms. The summed E-state index contributed by atoms with van der Waals surface area (Å²) in [5, 5.41) is 6.44. The molecular weight excluding hydrogens is 316 g/mol. The molecule has 2 amide bonds. The van der Waals surface area contributed by atoms with Crippen molar-refractivity contribution < 1.29 is 9.53 Å². The van der Waals surface area contributed by atoms with Crippen molar-refractivity contribution >= 4 is 29.0 Å². The van der Waals surface area contributed by atoms with Crippen LogP contribution in [0.25, 0.3) is 0 Å². The fraction of sp³-hybridized carbons (Fsp3) is 0.562. The molecule has 0 radical (unpaired) electrons. The minimum Gasteiger partial charge on any atom is -0.379 e. The average Bonchev–Trinajstić information content (AvgIpc) is 2.47. The van der Waals surface area contributed by atoms with E-state index in [1.54, 1.807) is 12.1 Å². The van der Waals surface area contributed by atoms with Crippen LogP contribution in [0.1, 0.15) is 6.92 Å². The number of halogens is 1. The third kappa shape index (κ3) is 5.57. The van der Waals surface area contributed by atoms with Gasteiger partial charge in [0.25, 0.3) is 0 Å². The number of rotatable bonds is 5. The normalized spacial score (nSPS) is 16.7. The predicted octanol–water partition coefficient (Wildman–Crippen LogP) is 2.25. The zero-order chi connectivity index (χ0) is 16.8. The number of carbonyl (C=O) groups excluding carboxylic acids is 1. The first-order valence-corrected chi connectivity index (χ1v) is 8.18. The number of benzene rings is 1. The lowest BCUT2D eigenvalue weighted by atomic mass is 10.2. The van der Waals surface area contributed by atoms with Gasteiger partial charge < -0.3 is 20.3 Å². The maximum absolute atomic E-state index is 12.2. The minimum absolute atomic E-state index is 0.0510. The van der Waals surface area contributed by atoms with E-state index in [4.69, 9.17) is 16.3 Å². The molecule has 1 heterocycles. The molecule has 1 aromatic rings. The highest BCUT2D eigenvalue weighted by molar-refractivity contribution is 6.31. The molecule has 23 heavy (non-hydrogen) atoms. The molecular formula is C16H25ClN4O2. The zero-order valence-electron chi connectivity index (χ0n) is 13.9. The Morgan fingerprint density at radius 1 is 1.39 bits per heavy atom. The molecule has 0 spiro atoms. The van der Waals surface area contributed by atoms with Crippen molar-refractivity contribution in [3.8, 4) is 0 Å². The number of ether oxygens (including phenoxy) is 1. The molecule has 0 aromatic heterocycles. The van der Waals surface area contributed by atoms with E-state index in [1.807, 2.05) is 32.0 Å². The third-order valence-electron chi connectivity index (χ3n) is 3.70. The van der Waals surface area contributed by atoms with Gasteiger partial charge in [0.2, 0.25) is 0 Å². The predicted molar refractivity (Wildman–Crippen MR) is 94.7 cm³/mol. The van der Waals surface area contributed by atoms with Crippen LogP contribution in [0, 0.1) is 0 Å². The molecule has 1 aliphatic heterocycles. The molecule has 1 fully saturated rings. The summed E-state index contributed by atoms with van der Waals surface area (Å²) in [6, 6.07) is 5.27. The Morgan fingerprint density at radius 2 is 2.09 bits per heavy atom. The fourth-order valence-corrected chi connectivity index (χ4v) is 2.77. The SMILES string of the molecule is C[C@@H](CN1CCOCC1)NC(=O)Nc1cc(Cl)ccc1N(C)C. The van der Waals surface area contributed by atoms with E-state index in [0.717, 1.165) is 38.5 Å². The van der Waals surface area contributed by atoms with Crippen LogP contribution in [0.2, 0.25) is 5.02 Å². The number of nitrogens with zero attached hydrogens (tertiary/aromatic N) is 2. The van der Waals surface area contributed by atoms with Gasteiger partial charge >= 0.3 is 6.03 Å².